The summed E-state index contributed by atoms with van der Waals surface area (Å²) in [5.74, 6) is -1.07. The smallest absolute Gasteiger partial charge is 0.289 e. The number of halogens is 4. The zero-order valence-corrected chi connectivity index (χ0v) is 15.4. The minimum atomic E-state index is -4.49. The summed E-state index contributed by atoms with van der Waals surface area (Å²) in [4.78, 5) is 15.9. The van der Waals surface area contributed by atoms with Gasteiger partial charge in [-0.15, -0.1) is 0 Å². The van der Waals surface area contributed by atoms with Crippen LogP contribution in [0.15, 0.2) is 65.8 Å². The highest BCUT2D eigenvalue weighted by atomic mass is 35.5. The minimum Gasteiger partial charge on any atom is -0.289 e. The van der Waals surface area contributed by atoms with Gasteiger partial charge in [0.05, 0.1) is 10.5 Å². The van der Waals surface area contributed by atoms with E-state index in [1.807, 2.05) is 4.72 Å². The van der Waals surface area contributed by atoms with Crippen LogP contribution in [0.25, 0.3) is 5.69 Å². The lowest BCUT2D eigenvalue weighted by atomic mass is 10.2. The number of benzene rings is 2. The highest BCUT2D eigenvalue weighted by Gasteiger charge is 2.30. The van der Waals surface area contributed by atoms with Gasteiger partial charge in [0, 0.05) is 5.69 Å². The van der Waals surface area contributed by atoms with Gasteiger partial charge >= 0.3 is 6.18 Å². The van der Waals surface area contributed by atoms with Crippen molar-refractivity contribution >= 4 is 27.5 Å². The molecule has 0 saturated carbocycles. The molecular formula is C17H11ClF3N3O3S. The molecule has 0 aliphatic carbocycles. The first-order valence-corrected chi connectivity index (χ1v) is 9.48. The summed E-state index contributed by atoms with van der Waals surface area (Å²) in [5.41, 5.74) is -1.02. The summed E-state index contributed by atoms with van der Waals surface area (Å²) in [7, 11) is -4.13. The summed E-state index contributed by atoms with van der Waals surface area (Å²) in [6.45, 7) is 0. The monoisotopic (exact) mass is 429 g/mol. The zero-order chi connectivity index (χ0) is 20.5. The van der Waals surface area contributed by atoms with Crippen LogP contribution in [0.3, 0.4) is 0 Å². The molecule has 1 N–H and O–H groups in total. The molecule has 0 spiro atoms. The first-order chi connectivity index (χ1) is 13.1. The molecule has 1 amide bonds. The number of carbonyl (C=O) groups excluding carboxylic acids is 1. The van der Waals surface area contributed by atoms with Gasteiger partial charge < -0.3 is 0 Å². The molecule has 6 nitrogen and oxygen atoms in total. The number of imidazole rings is 1. The van der Waals surface area contributed by atoms with Crippen molar-refractivity contribution in [2.24, 2.45) is 0 Å². The van der Waals surface area contributed by atoms with E-state index in [9.17, 15) is 26.4 Å². The zero-order valence-electron chi connectivity index (χ0n) is 13.8. The maximum Gasteiger partial charge on any atom is 0.416 e. The Kier molecular flexibility index (Phi) is 5.18. The van der Waals surface area contributed by atoms with Crippen LogP contribution in [0.1, 0.15) is 16.1 Å². The molecule has 0 aliphatic heterocycles. The molecule has 0 aliphatic rings. The standard InChI is InChI=1S/C17H11ClF3N3O3S/c18-15-14(16(25)23-28(26,27)13-4-2-1-3-5-13)22-10-24(15)12-8-6-11(7-9-12)17(19,20)21/h1-10H,(H,23,25). The topological polar surface area (TPSA) is 81.1 Å². The molecule has 0 unspecified atom stereocenters. The van der Waals surface area contributed by atoms with Crippen LogP contribution < -0.4 is 4.72 Å². The Bertz CT molecular complexity index is 1110. The first kappa shape index (κ1) is 19.9. The van der Waals surface area contributed by atoms with Crippen LogP contribution in [0.4, 0.5) is 13.2 Å². The second-order valence-electron chi connectivity index (χ2n) is 5.55. The van der Waals surface area contributed by atoms with E-state index < -0.39 is 27.7 Å². The summed E-state index contributed by atoms with van der Waals surface area (Å²) >= 11 is 6.08. The largest absolute Gasteiger partial charge is 0.416 e. The summed E-state index contributed by atoms with van der Waals surface area (Å²) in [5, 5.41) is -0.250. The highest BCUT2D eigenvalue weighted by Crippen LogP contribution is 2.30. The molecule has 28 heavy (non-hydrogen) atoms. The highest BCUT2D eigenvalue weighted by molar-refractivity contribution is 7.90. The van der Waals surface area contributed by atoms with Crippen molar-refractivity contribution in [1.82, 2.24) is 14.3 Å². The fourth-order valence-electron chi connectivity index (χ4n) is 2.31. The molecule has 1 heterocycles. The molecule has 0 radical (unpaired) electrons. The van der Waals surface area contributed by atoms with Crippen LogP contribution in [0.5, 0.6) is 0 Å². The van der Waals surface area contributed by atoms with Gasteiger partial charge in [0.1, 0.15) is 11.5 Å². The summed E-state index contributed by atoms with van der Waals surface area (Å²) in [6, 6.07) is 11.2. The second-order valence-corrected chi connectivity index (χ2v) is 7.59. The average molecular weight is 430 g/mol. The van der Waals surface area contributed by atoms with Crippen LogP contribution in [-0.4, -0.2) is 23.9 Å². The van der Waals surface area contributed by atoms with Crippen molar-refractivity contribution in [2.45, 2.75) is 11.1 Å². The van der Waals surface area contributed by atoms with Gasteiger partial charge in [-0.25, -0.2) is 18.1 Å². The van der Waals surface area contributed by atoms with Gasteiger partial charge in [0.15, 0.2) is 5.69 Å². The lowest BCUT2D eigenvalue weighted by Crippen LogP contribution is -2.31. The minimum absolute atomic E-state index is 0.123. The number of amides is 1. The number of nitrogens with one attached hydrogen (secondary N) is 1. The van der Waals surface area contributed by atoms with E-state index >= 15 is 0 Å². The number of sulfonamides is 1. The molecule has 3 aromatic rings. The van der Waals surface area contributed by atoms with Gasteiger partial charge in [0.25, 0.3) is 15.9 Å². The molecule has 3 rings (SSSR count). The van der Waals surface area contributed by atoms with E-state index in [1.54, 1.807) is 6.07 Å². The number of hydrogen-bond donors (Lipinski definition) is 1. The number of hydrogen-bond acceptors (Lipinski definition) is 4. The number of aromatic nitrogens is 2. The molecule has 146 valence electrons. The molecule has 0 bridgehead atoms. The van der Waals surface area contributed by atoms with Crippen molar-refractivity contribution in [2.75, 3.05) is 0 Å². The Morgan fingerprint density at radius 1 is 1.04 bits per heavy atom. The third-order valence-electron chi connectivity index (χ3n) is 3.68. The van der Waals surface area contributed by atoms with Crippen LogP contribution in [0.2, 0.25) is 5.15 Å². The van der Waals surface area contributed by atoms with Crippen molar-refractivity contribution in [1.29, 1.82) is 0 Å². The van der Waals surface area contributed by atoms with Gasteiger partial charge in [0.2, 0.25) is 0 Å². The number of nitrogens with zero attached hydrogens (tertiary/aromatic N) is 2. The van der Waals surface area contributed by atoms with E-state index in [1.165, 1.54) is 24.3 Å². The van der Waals surface area contributed by atoms with E-state index in [2.05, 4.69) is 4.98 Å². The molecule has 0 fully saturated rings. The number of rotatable bonds is 4. The third kappa shape index (κ3) is 4.02. The molecular weight excluding hydrogens is 419 g/mol. The second kappa shape index (κ2) is 7.28. The van der Waals surface area contributed by atoms with Crippen LogP contribution in [-0.2, 0) is 16.2 Å². The molecule has 2 aromatic carbocycles. The average Bonchev–Trinajstić information content (AvgIpc) is 3.03. The fourth-order valence-corrected chi connectivity index (χ4v) is 3.56. The van der Waals surface area contributed by atoms with E-state index in [0.29, 0.717) is 0 Å². The van der Waals surface area contributed by atoms with Gasteiger partial charge in [-0.1, -0.05) is 29.8 Å². The third-order valence-corrected chi connectivity index (χ3v) is 5.39. The van der Waals surface area contributed by atoms with Crippen molar-refractivity contribution in [3.63, 3.8) is 0 Å². The Morgan fingerprint density at radius 3 is 2.21 bits per heavy atom. The predicted molar refractivity (Wildman–Crippen MR) is 94.7 cm³/mol. The number of alkyl halides is 3. The van der Waals surface area contributed by atoms with Crippen molar-refractivity contribution in [3.05, 3.63) is 77.3 Å². The lowest BCUT2D eigenvalue weighted by molar-refractivity contribution is -0.137. The lowest BCUT2D eigenvalue weighted by Gasteiger charge is -2.09. The number of carbonyl (C=O) groups is 1. The normalized spacial score (nSPS) is 12.0. The fraction of sp³-hybridized carbons (Fsp3) is 0.0588. The van der Waals surface area contributed by atoms with Crippen molar-refractivity contribution in [3.8, 4) is 5.69 Å². The van der Waals surface area contributed by atoms with Crippen LogP contribution in [0, 0.1) is 0 Å². The SMILES string of the molecule is O=C(NS(=O)(=O)c1ccccc1)c1ncn(-c2ccc(C(F)(F)F)cc2)c1Cl. The van der Waals surface area contributed by atoms with E-state index in [-0.39, 0.29) is 21.4 Å². The molecule has 0 atom stereocenters. The quantitative estimate of drug-likeness (QED) is 0.686. The van der Waals surface area contributed by atoms with Crippen LogP contribution >= 0.6 is 11.6 Å². The molecule has 1 aromatic heterocycles. The maximum absolute atomic E-state index is 12.7. The van der Waals surface area contributed by atoms with E-state index in [4.69, 9.17) is 11.6 Å². The van der Waals surface area contributed by atoms with E-state index in [0.717, 1.165) is 35.2 Å². The summed E-state index contributed by atoms with van der Waals surface area (Å²) in [6.07, 6.45) is -3.39. The molecule has 0 saturated heterocycles. The van der Waals surface area contributed by atoms with Gasteiger partial charge in [-0.05, 0) is 36.4 Å². The predicted octanol–water partition coefficient (Wildman–Crippen LogP) is 3.66. The Labute approximate surface area is 162 Å². The summed E-state index contributed by atoms with van der Waals surface area (Å²) < 4.78 is 65.4. The van der Waals surface area contributed by atoms with Gasteiger partial charge in [-0.3, -0.25) is 9.36 Å². The molecule has 11 heteroatoms. The maximum atomic E-state index is 12.7. The Hall–Kier alpha value is -2.85. The Morgan fingerprint density at radius 2 is 1.64 bits per heavy atom. The first-order valence-electron chi connectivity index (χ1n) is 7.62. The Balaban J connectivity index is 1.86. The van der Waals surface area contributed by atoms with Crippen molar-refractivity contribution < 1.29 is 26.4 Å². The van der Waals surface area contributed by atoms with Gasteiger partial charge in [-0.2, -0.15) is 13.2 Å².